The second-order valence-corrected chi connectivity index (χ2v) is 5.17. The minimum Gasteiger partial charge on any atom is -0.421 e. The number of nitrogens with one attached hydrogen (secondary N) is 1. The lowest BCUT2D eigenvalue weighted by atomic mass is 9.93. The van der Waals surface area contributed by atoms with Crippen molar-refractivity contribution in [3.63, 3.8) is 0 Å². The molecule has 0 fully saturated rings. The molecule has 5 nitrogen and oxygen atoms in total. The average molecular weight is 283 g/mol. The molecule has 1 aromatic heterocycles. The zero-order valence-corrected chi connectivity index (χ0v) is 11.9. The molecule has 1 atom stereocenters. The molecule has 1 amide bonds. The number of anilines is 1. The molecular weight excluding hydrogens is 266 g/mol. The van der Waals surface area contributed by atoms with Gasteiger partial charge in [0.1, 0.15) is 0 Å². The number of rotatable bonds is 3. The van der Waals surface area contributed by atoms with Gasteiger partial charge < -0.3 is 9.73 Å². The van der Waals surface area contributed by atoms with Crippen LogP contribution in [0.2, 0.25) is 0 Å². The van der Waals surface area contributed by atoms with E-state index in [0.717, 1.165) is 30.5 Å². The van der Waals surface area contributed by atoms with E-state index in [9.17, 15) is 4.79 Å². The van der Waals surface area contributed by atoms with Crippen LogP contribution >= 0.6 is 0 Å². The highest BCUT2D eigenvalue weighted by Crippen LogP contribution is 2.22. The smallest absolute Gasteiger partial charge is 0.247 e. The Morgan fingerprint density at radius 3 is 2.67 bits per heavy atom. The highest BCUT2D eigenvalue weighted by Gasteiger charge is 2.18. The van der Waals surface area contributed by atoms with E-state index >= 15 is 0 Å². The molecule has 2 aromatic rings. The summed E-state index contributed by atoms with van der Waals surface area (Å²) in [5.74, 6) is 1.18. The lowest BCUT2D eigenvalue weighted by Gasteiger charge is -2.17. The second kappa shape index (κ2) is 5.91. The van der Waals surface area contributed by atoms with E-state index in [2.05, 4.69) is 27.7 Å². The van der Waals surface area contributed by atoms with E-state index in [1.807, 2.05) is 24.3 Å². The molecule has 0 saturated carbocycles. The van der Waals surface area contributed by atoms with Crippen LogP contribution in [-0.4, -0.2) is 16.1 Å². The van der Waals surface area contributed by atoms with Gasteiger partial charge in [0.2, 0.25) is 17.7 Å². The van der Waals surface area contributed by atoms with Crippen molar-refractivity contribution in [1.29, 1.82) is 0 Å². The van der Waals surface area contributed by atoms with Crippen molar-refractivity contribution in [2.75, 3.05) is 5.32 Å². The number of amides is 1. The van der Waals surface area contributed by atoms with Gasteiger partial charge in [0.15, 0.2) is 0 Å². The normalized spacial score (nSPS) is 17.7. The minimum atomic E-state index is 0.0771. The Kier molecular flexibility index (Phi) is 3.81. The van der Waals surface area contributed by atoms with Crippen LogP contribution in [0.5, 0.6) is 0 Å². The molecule has 1 N–H and O–H groups in total. The lowest BCUT2D eigenvalue weighted by molar-refractivity contribution is -0.120. The van der Waals surface area contributed by atoms with Gasteiger partial charge in [0.05, 0.1) is 0 Å². The fourth-order valence-electron chi connectivity index (χ4n) is 2.39. The van der Waals surface area contributed by atoms with Crippen molar-refractivity contribution in [3.05, 3.63) is 42.3 Å². The molecule has 1 heterocycles. The van der Waals surface area contributed by atoms with E-state index in [1.165, 1.54) is 0 Å². The van der Waals surface area contributed by atoms with E-state index < -0.39 is 0 Å². The van der Waals surface area contributed by atoms with Gasteiger partial charge in [-0.1, -0.05) is 12.2 Å². The SMILES string of the molecule is Cc1nnc(-c2ccc(NC(=O)C3CC=CCC3)cc2)o1. The van der Waals surface area contributed by atoms with Crippen molar-refractivity contribution in [2.45, 2.75) is 26.2 Å². The molecule has 0 aliphatic heterocycles. The molecule has 1 aliphatic rings. The topological polar surface area (TPSA) is 68.0 Å². The van der Waals surface area contributed by atoms with E-state index in [4.69, 9.17) is 4.42 Å². The van der Waals surface area contributed by atoms with Crippen LogP contribution in [0.15, 0.2) is 40.8 Å². The number of benzene rings is 1. The fraction of sp³-hybridized carbons (Fsp3) is 0.312. The van der Waals surface area contributed by atoms with E-state index in [0.29, 0.717) is 11.8 Å². The average Bonchev–Trinajstić information content (AvgIpc) is 2.95. The summed E-state index contributed by atoms with van der Waals surface area (Å²) in [7, 11) is 0. The third kappa shape index (κ3) is 3.18. The third-order valence-corrected chi connectivity index (χ3v) is 3.57. The molecule has 3 rings (SSSR count). The first kappa shape index (κ1) is 13.5. The molecule has 1 aromatic carbocycles. The Morgan fingerprint density at radius 1 is 1.24 bits per heavy atom. The maximum Gasteiger partial charge on any atom is 0.247 e. The summed E-state index contributed by atoms with van der Waals surface area (Å²) in [4.78, 5) is 12.1. The molecule has 0 spiro atoms. The third-order valence-electron chi connectivity index (χ3n) is 3.57. The standard InChI is InChI=1S/C16H17N3O2/c1-11-18-19-16(21-11)13-7-9-14(10-8-13)17-15(20)12-5-3-2-4-6-12/h2-3,7-10,12H,4-6H2,1H3,(H,17,20). The molecular formula is C16H17N3O2. The maximum absolute atomic E-state index is 12.1. The van der Waals surface area contributed by atoms with Gasteiger partial charge in [-0.05, 0) is 43.5 Å². The molecule has 1 unspecified atom stereocenters. The Morgan fingerprint density at radius 2 is 2.05 bits per heavy atom. The predicted octanol–water partition coefficient (Wildman–Crippen LogP) is 3.34. The lowest BCUT2D eigenvalue weighted by Crippen LogP contribution is -2.23. The number of allylic oxidation sites excluding steroid dienone is 2. The summed E-state index contributed by atoms with van der Waals surface area (Å²) in [6.07, 6.45) is 6.93. The van der Waals surface area contributed by atoms with Crippen LogP contribution in [0, 0.1) is 12.8 Å². The van der Waals surface area contributed by atoms with Crippen LogP contribution < -0.4 is 5.32 Å². The Labute approximate surface area is 123 Å². The van der Waals surface area contributed by atoms with Crippen molar-refractivity contribution >= 4 is 11.6 Å². The van der Waals surface area contributed by atoms with Gasteiger partial charge in [0, 0.05) is 24.1 Å². The quantitative estimate of drug-likeness (QED) is 0.877. The second-order valence-electron chi connectivity index (χ2n) is 5.17. The molecule has 0 radical (unpaired) electrons. The zero-order valence-electron chi connectivity index (χ0n) is 11.9. The predicted molar refractivity (Wildman–Crippen MR) is 79.6 cm³/mol. The van der Waals surface area contributed by atoms with E-state index in [1.54, 1.807) is 6.92 Å². The van der Waals surface area contributed by atoms with Crippen LogP contribution in [0.1, 0.15) is 25.2 Å². The zero-order chi connectivity index (χ0) is 14.7. The van der Waals surface area contributed by atoms with Crippen molar-refractivity contribution in [1.82, 2.24) is 10.2 Å². The van der Waals surface area contributed by atoms with Gasteiger partial charge in [0.25, 0.3) is 0 Å². The highest BCUT2D eigenvalue weighted by molar-refractivity contribution is 5.92. The van der Waals surface area contributed by atoms with Gasteiger partial charge in [-0.25, -0.2) is 0 Å². The van der Waals surface area contributed by atoms with Crippen molar-refractivity contribution < 1.29 is 9.21 Å². The Bertz CT molecular complexity index is 658. The summed E-state index contributed by atoms with van der Waals surface area (Å²) in [5, 5.41) is 10.7. The molecule has 108 valence electrons. The number of hydrogen-bond donors (Lipinski definition) is 1. The number of nitrogens with zero attached hydrogens (tertiary/aromatic N) is 2. The number of carbonyl (C=O) groups excluding carboxylic acids is 1. The van der Waals surface area contributed by atoms with Gasteiger partial charge in [-0.2, -0.15) is 0 Å². The monoisotopic (exact) mass is 283 g/mol. The van der Waals surface area contributed by atoms with Crippen LogP contribution in [0.3, 0.4) is 0 Å². The number of aromatic nitrogens is 2. The number of hydrogen-bond acceptors (Lipinski definition) is 4. The summed E-state index contributed by atoms with van der Waals surface area (Å²) in [6, 6.07) is 7.43. The number of aryl methyl sites for hydroxylation is 1. The molecule has 21 heavy (non-hydrogen) atoms. The Hall–Kier alpha value is -2.43. The minimum absolute atomic E-state index is 0.0771. The molecule has 1 aliphatic carbocycles. The summed E-state index contributed by atoms with van der Waals surface area (Å²) >= 11 is 0. The van der Waals surface area contributed by atoms with Gasteiger partial charge in [-0.3, -0.25) is 4.79 Å². The van der Waals surface area contributed by atoms with Crippen LogP contribution in [0.25, 0.3) is 11.5 Å². The summed E-state index contributed by atoms with van der Waals surface area (Å²) in [5.41, 5.74) is 1.63. The van der Waals surface area contributed by atoms with Crippen molar-refractivity contribution in [2.24, 2.45) is 5.92 Å². The largest absolute Gasteiger partial charge is 0.421 e. The van der Waals surface area contributed by atoms with Crippen LogP contribution in [-0.2, 0) is 4.79 Å². The fourth-order valence-corrected chi connectivity index (χ4v) is 2.39. The van der Waals surface area contributed by atoms with Gasteiger partial charge in [-0.15, -0.1) is 10.2 Å². The first-order valence-corrected chi connectivity index (χ1v) is 7.09. The van der Waals surface area contributed by atoms with Gasteiger partial charge >= 0.3 is 0 Å². The summed E-state index contributed by atoms with van der Waals surface area (Å²) < 4.78 is 5.37. The molecule has 0 saturated heterocycles. The highest BCUT2D eigenvalue weighted by atomic mass is 16.4. The summed E-state index contributed by atoms with van der Waals surface area (Å²) in [6.45, 7) is 1.75. The first-order valence-electron chi connectivity index (χ1n) is 7.09. The first-order chi connectivity index (χ1) is 10.2. The molecule has 5 heteroatoms. The Balaban J connectivity index is 1.67. The maximum atomic E-state index is 12.1. The molecule has 0 bridgehead atoms. The van der Waals surface area contributed by atoms with Crippen LogP contribution in [0.4, 0.5) is 5.69 Å². The van der Waals surface area contributed by atoms with Crippen molar-refractivity contribution in [3.8, 4) is 11.5 Å². The number of carbonyl (C=O) groups is 1. The van der Waals surface area contributed by atoms with E-state index in [-0.39, 0.29) is 11.8 Å².